The number of aliphatic hydroxyl groups excluding tert-OH is 4. The summed E-state index contributed by atoms with van der Waals surface area (Å²) in [5, 5.41) is 68.6. The molecule has 10 heteroatoms. The van der Waals surface area contributed by atoms with Crippen LogP contribution in [-0.4, -0.2) is 78.5 Å². The summed E-state index contributed by atoms with van der Waals surface area (Å²) in [5.41, 5.74) is -0.357. The first-order valence-electron chi connectivity index (χ1n) is 9.01. The van der Waals surface area contributed by atoms with Gasteiger partial charge in [0.25, 0.3) is 0 Å². The van der Waals surface area contributed by atoms with Crippen LogP contribution in [0.25, 0.3) is 0 Å². The number of aliphatic hydroxyl groups is 4. The first-order chi connectivity index (χ1) is 13.2. The molecule has 1 fully saturated rings. The van der Waals surface area contributed by atoms with E-state index in [1.54, 1.807) is 0 Å². The minimum absolute atomic E-state index is 0.277. The van der Waals surface area contributed by atoms with Crippen LogP contribution in [0.15, 0.2) is 12.1 Å². The zero-order valence-corrected chi connectivity index (χ0v) is 15.3. The van der Waals surface area contributed by atoms with Crippen LogP contribution >= 0.6 is 0 Å². The lowest BCUT2D eigenvalue weighted by molar-refractivity contribution is -0.295. The molecule has 28 heavy (non-hydrogen) atoms. The summed E-state index contributed by atoms with van der Waals surface area (Å²) >= 11 is 0. The lowest BCUT2D eigenvalue weighted by atomic mass is 9.93. The molecule has 7 N–H and O–H groups in total. The minimum atomic E-state index is -1.79. The maximum atomic E-state index is 12.2. The molecule has 1 unspecified atom stereocenters. The van der Waals surface area contributed by atoms with Crippen LogP contribution in [-0.2, 0) is 9.47 Å². The third kappa shape index (κ3) is 4.83. The standard InChI is InChI=1S/C18H26O10/c1-2-3-4-5-9(19)16-14(24)13(23)15(25)18(27-16)28-17(26)8-6-10(20)12(22)11(21)7-8/h6-7,9,13-16,18-25H,2-5H2,1H3/t9?,13-,14-,15+,16+,18-/m0/s1. The second-order valence-corrected chi connectivity index (χ2v) is 6.77. The maximum Gasteiger partial charge on any atom is 0.340 e. The van der Waals surface area contributed by atoms with E-state index in [2.05, 4.69) is 0 Å². The molecule has 1 saturated heterocycles. The van der Waals surface area contributed by atoms with Gasteiger partial charge in [0.2, 0.25) is 6.29 Å². The second kappa shape index (κ2) is 9.39. The van der Waals surface area contributed by atoms with Crippen molar-refractivity contribution >= 4 is 5.97 Å². The van der Waals surface area contributed by atoms with Gasteiger partial charge in [0.1, 0.15) is 24.4 Å². The highest BCUT2D eigenvalue weighted by atomic mass is 16.7. The number of benzene rings is 1. The molecule has 158 valence electrons. The van der Waals surface area contributed by atoms with Crippen LogP contribution in [0.4, 0.5) is 0 Å². The molecule has 1 aliphatic heterocycles. The molecular formula is C18H26O10. The molecule has 2 rings (SSSR count). The number of aromatic hydroxyl groups is 3. The largest absolute Gasteiger partial charge is 0.504 e. The third-order valence-corrected chi connectivity index (χ3v) is 4.62. The van der Waals surface area contributed by atoms with Gasteiger partial charge in [-0.3, -0.25) is 0 Å². The van der Waals surface area contributed by atoms with Crippen molar-refractivity contribution in [3.63, 3.8) is 0 Å². The molecule has 1 aromatic rings. The molecular weight excluding hydrogens is 376 g/mol. The van der Waals surface area contributed by atoms with Crippen molar-refractivity contribution in [1.82, 2.24) is 0 Å². The summed E-state index contributed by atoms with van der Waals surface area (Å²) in [7, 11) is 0. The van der Waals surface area contributed by atoms with E-state index in [0.717, 1.165) is 25.0 Å². The lowest BCUT2D eigenvalue weighted by Crippen LogP contribution is -2.61. The van der Waals surface area contributed by atoms with Gasteiger partial charge in [-0.25, -0.2) is 4.79 Å². The summed E-state index contributed by atoms with van der Waals surface area (Å²) in [4.78, 5) is 12.2. The van der Waals surface area contributed by atoms with E-state index in [9.17, 15) is 40.5 Å². The molecule has 0 spiro atoms. The number of hydrogen-bond donors (Lipinski definition) is 7. The lowest BCUT2D eigenvalue weighted by Gasteiger charge is -2.41. The van der Waals surface area contributed by atoms with Crippen molar-refractivity contribution in [1.29, 1.82) is 0 Å². The van der Waals surface area contributed by atoms with Crippen molar-refractivity contribution < 1.29 is 50.0 Å². The Morgan fingerprint density at radius 2 is 1.68 bits per heavy atom. The smallest absolute Gasteiger partial charge is 0.340 e. The minimum Gasteiger partial charge on any atom is -0.504 e. The number of phenols is 3. The van der Waals surface area contributed by atoms with Gasteiger partial charge in [0.05, 0.1) is 11.7 Å². The Bertz CT molecular complexity index is 655. The molecule has 0 amide bonds. The zero-order chi connectivity index (χ0) is 21.0. The Balaban J connectivity index is 2.11. The highest BCUT2D eigenvalue weighted by Crippen LogP contribution is 2.36. The van der Waals surface area contributed by atoms with Crippen LogP contribution < -0.4 is 0 Å². The highest BCUT2D eigenvalue weighted by Gasteiger charge is 2.47. The molecule has 1 aliphatic rings. The molecule has 1 heterocycles. The van der Waals surface area contributed by atoms with Crippen molar-refractivity contribution in [3.8, 4) is 17.2 Å². The molecule has 0 aliphatic carbocycles. The molecule has 1 aromatic carbocycles. The number of carbonyl (C=O) groups excluding carboxylic acids is 1. The predicted octanol–water partition coefficient (Wildman–Crippen LogP) is -0.291. The average Bonchev–Trinajstić information content (AvgIpc) is 2.66. The molecule has 6 atom stereocenters. The van der Waals surface area contributed by atoms with E-state index >= 15 is 0 Å². The highest BCUT2D eigenvalue weighted by molar-refractivity contribution is 5.91. The Morgan fingerprint density at radius 1 is 1.07 bits per heavy atom. The fourth-order valence-corrected chi connectivity index (χ4v) is 2.95. The average molecular weight is 402 g/mol. The number of ether oxygens (including phenoxy) is 2. The van der Waals surface area contributed by atoms with Crippen LogP contribution in [0, 0.1) is 0 Å². The number of rotatable bonds is 7. The summed E-state index contributed by atoms with van der Waals surface area (Å²) < 4.78 is 10.3. The second-order valence-electron chi connectivity index (χ2n) is 6.77. The van der Waals surface area contributed by atoms with Crippen molar-refractivity contribution in [2.45, 2.75) is 69.4 Å². The normalized spacial score (nSPS) is 28.7. The van der Waals surface area contributed by atoms with Crippen LogP contribution in [0.1, 0.15) is 43.0 Å². The van der Waals surface area contributed by atoms with Gasteiger partial charge in [-0.2, -0.15) is 0 Å². The SMILES string of the molecule is CCCCCC(O)[C@H]1O[C@@H](OC(=O)c2cc(O)c(O)c(O)c2)[C@H](O)[C@@H](O)[C@@H]1O. The third-order valence-electron chi connectivity index (χ3n) is 4.62. The fourth-order valence-electron chi connectivity index (χ4n) is 2.95. The van der Waals surface area contributed by atoms with E-state index in [4.69, 9.17) is 9.47 Å². The molecule has 0 radical (unpaired) electrons. The van der Waals surface area contributed by atoms with Crippen molar-refractivity contribution in [3.05, 3.63) is 17.7 Å². The molecule has 0 bridgehead atoms. The van der Waals surface area contributed by atoms with Gasteiger partial charge >= 0.3 is 5.97 Å². The first-order valence-corrected chi connectivity index (χ1v) is 9.01. The number of carbonyl (C=O) groups is 1. The van der Waals surface area contributed by atoms with E-state index in [1.165, 1.54) is 0 Å². The number of esters is 1. The van der Waals surface area contributed by atoms with Gasteiger partial charge in [-0.05, 0) is 18.6 Å². The Morgan fingerprint density at radius 3 is 2.25 bits per heavy atom. The van der Waals surface area contributed by atoms with Crippen molar-refractivity contribution in [2.24, 2.45) is 0 Å². The topological polar surface area (TPSA) is 177 Å². The van der Waals surface area contributed by atoms with E-state index in [-0.39, 0.29) is 12.0 Å². The number of hydrogen-bond acceptors (Lipinski definition) is 10. The summed E-state index contributed by atoms with van der Waals surface area (Å²) in [6, 6.07) is 1.66. The Kier molecular flexibility index (Phi) is 7.44. The fraction of sp³-hybridized carbons (Fsp3) is 0.611. The summed E-state index contributed by atoms with van der Waals surface area (Å²) in [6.07, 6.45) is -6.61. The Labute approximate surface area is 161 Å². The first kappa shape index (κ1) is 22.2. The summed E-state index contributed by atoms with van der Waals surface area (Å²) in [5.74, 6) is -3.50. The van der Waals surface area contributed by atoms with Gasteiger partial charge in [0.15, 0.2) is 17.2 Å². The molecule has 0 saturated carbocycles. The predicted molar refractivity (Wildman–Crippen MR) is 93.7 cm³/mol. The Hall–Kier alpha value is -2.11. The summed E-state index contributed by atoms with van der Waals surface area (Å²) in [6.45, 7) is 1.98. The van der Waals surface area contributed by atoms with Crippen LogP contribution in [0.2, 0.25) is 0 Å². The zero-order valence-electron chi connectivity index (χ0n) is 15.3. The molecule has 10 nitrogen and oxygen atoms in total. The number of phenolic OH excluding ortho intramolecular Hbond substituents is 3. The van der Waals surface area contributed by atoms with Gasteiger partial charge < -0.3 is 45.2 Å². The van der Waals surface area contributed by atoms with Crippen molar-refractivity contribution in [2.75, 3.05) is 0 Å². The van der Waals surface area contributed by atoms with E-state index in [0.29, 0.717) is 6.42 Å². The van der Waals surface area contributed by atoms with Gasteiger partial charge in [-0.1, -0.05) is 26.2 Å². The van der Waals surface area contributed by atoms with Gasteiger partial charge in [0, 0.05) is 0 Å². The van der Waals surface area contributed by atoms with E-state index < -0.39 is 60.0 Å². The molecule has 0 aromatic heterocycles. The quantitative estimate of drug-likeness (QED) is 0.182. The maximum absolute atomic E-state index is 12.2. The van der Waals surface area contributed by atoms with Crippen LogP contribution in [0.3, 0.4) is 0 Å². The van der Waals surface area contributed by atoms with E-state index in [1.807, 2.05) is 6.92 Å². The number of unbranched alkanes of at least 4 members (excludes halogenated alkanes) is 2. The van der Waals surface area contributed by atoms with Crippen LogP contribution in [0.5, 0.6) is 17.2 Å². The monoisotopic (exact) mass is 402 g/mol. The van der Waals surface area contributed by atoms with Gasteiger partial charge in [-0.15, -0.1) is 0 Å².